The lowest BCUT2D eigenvalue weighted by molar-refractivity contribution is -0.138. The fourth-order valence-electron chi connectivity index (χ4n) is 7.26. The number of amides is 1. The van der Waals surface area contributed by atoms with Crippen molar-refractivity contribution in [2.24, 2.45) is 17.8 Å². The van der Waals surface area contributed by atoms with Crippen LogP contribution in [0.5, 0.6) is 5.75 Å². The molecule has 228 valence electrons. The summed E-state index contributed by atoms with van der Waals surface area (Å²) in [5, 5.41) is 10.5. The topological polar surface area (TPSA) is 79.7 Å². The Morgan fingerprint density at radius 1 is 0.930 bits per heavy atom. The summed E-state index contributed by atoms with van der Waals surface area (Å²) in [6.45, 7) is 2.85. The molecule has 3 fully saturated rings. The fourth-order valence-corrected chi connectivity index (χ4v) is 8.35. The van der Waals surface area contributed by atoms with E-state index in [2.05, 4.69) is 54.3 Å². The van der Waals surface area contributed by atoms with Gasteiger partial charge in [-0.1, -0.05) is 24.3 Å². The molecular weight excluding hydrogens is 556 g/mol. The van der Waals surface area contributed by atoms with E-state index in [9.17, 15) is 14.7 Å². The lowest BCUT2D eigenvalue weighted by Gasteiger charge is -2.36. The van der Waals surface area contributed by atoms with Gasteiger partial charge in [-0.05, 0) is 124 Å². The molecule has 0 spiro atoms. The van der Waals surface area contributed by atoms with Crippen molar-refractivity contribution in [3.05, 3.63) is 64.8 Å². The van der Waals surface area contributed by atoms with Gasteiger partial charge in [0.1, 0.15) is 5.75 Å². The number of anilines is 1. The molecule has 1 amide bonds. The number of ether oxygens (including phenoxy) is 1. The van der Waals surface area contributed by atoms with Crippen molar-refractivity contribution in [2.45, 2.75) is 89.4 Å². The summed E-state index contributed by atoms with van der Waals surface area (Å²) < 4.78 is 5.47. The minimum atomic E-state index is -0.735. The van der Waals surface area contributed by atoms with E-state index in [0.29, 0.717) is 17.8 Å². The first-order valence-corrected chi connectivity index (χ1v) is 16.9. The molecule has 0 unspecified atom stereocenters. The molecule has 0 aliphatic heterocycles. The lowest BCUT2D eigenvalue weighted by Crippen LogP contribution is -2.41. The molecule has 1 N–H and O–H groups in total. The quantitative estimate of drug-likeness (QED) is 0.252. The lowest BCUT2D eigenvalue weighted by atomic mass is 9.77. The summed E-state index contributed by atoms with van der Waals surface area (Å²) >= 11 is 1.79. The van der Waals surface area contributed by atoms with Crippen LogP contribution in [-0.2, 0) is 9.59 Å². The predicted octanol–water partition coefficient (Wildman–Crippen LogP) is 8.59. The second kappa shape index (κ2) is 13.2. The van der Waals surface area contributed by atoms with Crippen molar-refractivity contribution < 1.29 is 19.4 Å². The summed E-state index contributed by atoms with van der Waals surface area (Å²) in [6, 6.07) is 15.1. The standard InChI is InChI=1S/C36H44N2O4S/c1-23-18-29(16-17-32(23)42-2)26-10-8-25(9-11-26)22-38(36(41)28-12-6-24(7-13-28)19-34(39)40)31-5-3-4-30(20-31)33-21-37-35(43-33)27-14-15-27/h3-5,16-18,20-21,24-28H,6-15,19,22H2,1-2H3,(H,39,40)/t24-,25-,26-,28-. The maximum atomic E-state index is 14.2. The van der Waals surface area contributed by atoms with Gasteiger partial charge < -0.3 is 14.7 Å². The monoisotopic (exact) mass is 600 g/mol. The Bertz CT molecular complexity index is 1430. The van der Waals surface area contributed by atoms with Crippen LogP contribution in [0.4, 0.5) is 5.69 Å². The van der Waals surface area contributed by atoms with Crippen LogP contribution in [0.25, 0.3) is 10.4 Å². The second-order valence-corrected chi connectivity index (χ2v) is 14.2. The smallest absolute Gasteiger partial charge is 0.303 e. The number of hydrogen-bond acceptors (Lipinski definition) is 5. The van der Waals surface area contributed by atoms with E-state index < -0.39 is 5.97 Å². The second-order valence-electron chi connectivity index (χ2n) is 13.1. The van der Waals surface area contributed by atoms with Crippen LogP contribution < -0.4 is 9.64 Å². The fraction of sp³-hybridized carbons (Fsp3) is 0.528. The first-order chi connectivity index (χ1) is 20.9. The average Bonchev–Trinajstić information content (AvgIpc) is 3.76. The molecule has 7 heteroatoms. The minimum Gasteiger partial charge on any atom is -0.496 e. The van der Waals surface area contributed by atoms with Crippen LogP contribution in [0.1, 0.15) is 98.6 Å². The largest absolute Gasteiger partial charge is 0.496 e. The highest BCUT2D eigenvalue weighted by atomic mass is 32.1. The van der Waals surface area contributed by atoms with Crippen LogP contribution in [-0.4, -0.2) is 35.6 Å². The third-order valence-electron chi connectivity index (χ3n) is 10.00. The highest BCUT2D eigenvalue weighted by Crippen LogP contribution is 2.44. The van der Waals surface area contributed by atoms with E-state index in [1.165, 1.54) is 33.9 Å². The van der Waals surface area contributed by atoms with E-state index in [-0.39, 0.29) is 24.2 Å². The molecule has 3 aromatic rings. The molecule has 1 aromatic heterocycles. The van der Waals surface area contributed by atoms with Crippen LogP contribution in [0, 0.1) is 24.7 Å². The zero-order chi connectivity index (χ0) is 29.9. The van der Waals surface area contributed by atoms with E-state index in [1.54, 1.807) is 18.4 Å². The molecule has 43 heavy (non-hydrogen) atoms. The molecular formula is C36H44N2O4S. The number of thiazole rings is 1. The SMILES string of the molecule is COc1ccc([C@H]2CC[C@H](CN(c3cccc(-c4cnc(C5CC5)s4)c3)C(=O)[C@H]3CC[C@H](CC(=O)O)CC3)CC2)cc1C. The molecule has 1 heterocycles. The maximum absolute atomic E-state index is 14.2. The van der Waals surface area contributed by atoms with E-state index >= 15 is 0 Å². The highest BCUT2D eigenvalue weighted by molar-refractivity contribution is 7.15. The molecule has 0 atom stereocenters. The van der Waals surface area contributed by atoms with Gasteiger partial charge in [-0.25, -0.2) is 4.98 Å². The normalized spacial score (nSPS) is 24.0. The maximum Gasteiger partial charge on any atom is 0.303 e. The summed E-state index contributed by atoms with van der Waals surface area (Å²) in [6.07, 6.45) is 12.3. The first kappa shape index (κ1) is 29.9. The summed E-state index contributed by atoms with van der Waals surface area (Å²) in [7, 11) is 1.72. The number of aromatic nitrogens is 1. The van der Waals surface area contributed by atoms with Crippen molar-refractivity contribution in [3.8, 4) is 16.2 Å². The molecule has 3 aliphatic carbocycles. The Morgan fingerprint density at radius 2 is 1.65 bits per heavy atom. The summed E-state index contributed by atoms with van der Waals surface area (Å²) in [4.78, 5) is 33.4. The first-order valence-electron chi connectivity index (χ1n) is 16.1. The number of carbonyl (C=O) groups is 2. The van der Waals surface area contributed by atoms with Gasteiger partial charge in [0.25, 0.3) is 0 Å². The number of hydrogen-bond donors (Lipinski definition) is 1. The minimum absolute atomic E-state index is 0.0443. The number of aryl methyl sites for hydroxylation is 1. The van der Waals surface area contributed by atoms with Crippen molar-refractivity contribution in [1.82, 2.24) is 4.98 Å². The third-order valence-corrected chi connectivity index (χ3v) is 11.2. The van der Waals surface area contributed by atoms with Crippen molar-refractivity contribution >= 4 is 28.9 Å². The number of carbonyl (C=O) groups excluding carboxylic acids is 1. The van der Waals surface area contributed by atoms with Gasteiger partial charge in [0, 0.05) is 36.7 Å². The zero-order valence-corrected chi connectivity index (χ0v) is 26.3. The van der Waals surface area contributed by atoms with Crippen LogP contribution in [0.15, 0.2) is 48.7 Å². The number of rotatable bonds is 10. The number of aliphatic carboxylic acids is 1. The number of carboxylic acids is 1. The van der Waals surface area contributed by atoms with Crippen LogP contribution >= 0.6 is 11.3 Å². The Hall–Kier alpha value is -3.19. The van der Waals surface area contributed by atoms with Crippen molar-refractivity contribution in [2.75, 3.05) is 18.6 Å². The molecule has 3 aliphatic rings. The van der Waals surface area contributed by atoms with Crippen LogP contribution in [0.3, 0.4) is 0 Å². The Balaban J connectivity index is 1.18. The number of methoxy groups -OCH3 is 1. The molecule has 3 saturated carbocycles. The third kappa shape index (κ3) is 7.14. The molecule has 0 radical (unpaired) electrons. The van der Waals surface area contributed by atoms with Gasteiger partial charge >= 0.3 is 5.97 Å². The highest BCUT2D eigenvalue weighted by Gasteiger charge is 2.33. The molecule has 0 saturated heterocycles. The Kier molecular flexibility index (Phi) is 9.17. The average molecular weight is 601 g/mol. The molecule has 2 aromatic carbocycles. The molecule has 6 rings (SSSR count). The number of benzene rings is 2. The van der Waals surface area contributed by atoms with Gasteiger partial charge in [-0.3, -0.25) is 9.59 Å². The van der Waals surface area contributed by atoms with Gasteiger partial charge in [0.05, 0.1) is 17.0 Å². The summed E-state index contributed by atoms with van der Waals surface area (Å²) in [5.74, 6) is 2.19. The van der Waals surface area contributed by atoms with Gasteiger partial charge in [-0.2, -0.15) is 0 Å². The summed E-state index contributed by atoms with van der Waals surface area (Å²) in [5.41, 5.74) is 4.68. The number of nitrogens with zero attached hydrogens (tertiary/aromatic N) is 2. The van der Waals surface area contributed by atoms with E-state index in [1.807, 2.05) is 6.20 Å². The van der Waals surface area contributed by atoms with Gasteiger partial charge in [-0.15, -0.1) is 11.3 Å². The molecule has 6 nitrogen and oxygen atoms in total. The molecule has 0 bridgehead atoms. The van der Waals surface area contributed by atoms with Crippen molar-refractivity contribution in [1.29, 1.82) is 0 Å². The van der Waals surface area contributed by atoms with Gasteiger partial charge in [0.15, 0.2) is 0 Å². The van der Waals surface area contributed by atoms with E-state index in [4.69, 9.17) is 9.72 Å². The Morgan fingerprint density at radius 3 is 2.33 bits per heavy atom. The zero-order valence-electron chi connectivity index (χ0n) is 25.5. The van der Waals surface area contributed by atoms with Gasteiger partial charge in [0.2, 0.25) is 5.91 Å². The Labute approximate surface area is 259 Å². The van der Waals surface area contributed by atoms with Crippen LogP contribution in [0.2, 0.25) is 0 Å². The van der Waals surface area contributed by atoms with E-state index in [0.717, 1.165) is 74.9 Å². The van der Waals surface area contributed by atoms with Crippen molar-refractivity contribution in [3.63, 3.8) is 0 Å². The number of carboxylic acid groups (broad SMARTS) is 1. The predicted molar refractivity (Wildman–Crippen MR) is 172 cm³/mol.